The van der Waals surface area contributed by atoms with E-state index in [0.717, 1.165) is 77.4 Å². The van der Waals surface area contributed by atoms with Crippen LogP contribution < -0.4 is 0 Å². The third-order valence-electron chi connectivity index (χ3n) is 5.98. The van der Waals surface area contributed by atoms with Crippen LogP contribution in [0.15, 0.2) is 30.3 Å². The van der Waals surface area contributed by atoms with Gasteiger partial charge in [-0.2, -0.15) is 0 Å². The fourth-order valence-electron chi connectivity index (χ4n) is 4.38. The van der Waals surface area contributed by atoms with E-state index in [9.17, 15) is 4.79 Å². The zero-order chi connectivity index (χ0) is 17.1. The van der Waals surface area contributed by atoms with Crippen LogP contribution in [0.25, 0.3) is 0 Å². The van der Waals surface area contributed by atoms with Crippen molar-refractivity contribution in [2.45, 2.75) is 25.4 Å². The standard InChI is InChI=1S/C20H28N2O3/c23-19(17-4-2-1-3-5-17)22-8-6-20(7-9-22)14-18(25-16-20)15-21-10-12-24-13-11-21/h1-5,18H,6-16H2/t18-/m0/s1. The molecular weight excluding hydrogens is 316 g/mol. The maximum absolute atomic E-state index is 12.6. The molecule has 3 aliphatic rings. The third kappa shape index (κ3) is 3.89. The third-order valence-corrected chi connectivity index (χ3v) is 5.98. The van der Waals surface area contributed by atoms with Gasteiger partial charge in [-0.05, 0) is 36.8 Å². The average Bonchev–Trinajstić information content (AvgIpc) is 3.05. The molecule has 3 saturated heterocycles. The van der Waals surface area contributed by atoms with Crippen LogP contribution in [0.2, 0.25) is 0 Å². The predicted octanol–water partition coefficient (Wildman–Crippen LogP) is 2.03. The number of amides is 1. The number of hydrogen-bond acceptors (Lipinski definition) is 4. The van der Waals surface area contributed by atoms with Crippen LogP contribution >= 0.6 is 0 Å². The van der Waals surface area contributed by atoms with Crippen LogP contribution in [0.5, 0.6) is 0 Å². The predicted molar refractivity (Wildman–Crippen MR) is 95.6 cm³/mol. The van der Waals surface area contributed by atoms with Gasteiger partial charge in [0.15, 0.2) is 0 Å². The summed E-state index contributed by atoms with van der Waals surface area (Å²) in [5.41, 5.74) is 1.08. The molecule has 3 aliphatic heterocycles. The van der Waals surface area contributed by atoms with E-state index in [1.807, 2.05) is 35.2 Å². The van der Waals surface area contributed by atoms with Gasteiger partial charge >= 0.3 is 0 Å². The molecule has 1 spiro atoms. The summed E-state index contributed by atoms with van der Waals surface area (Å²) in [6, 6.07) is 9.62. The minimum Gasteiger partial charge on any atom is -0.379 e. The topological polar surface area (TPSA) is 42.0 Å². The SMILES string of the molecule is O=C(c1ccccc1)N1CCC2(CC1)CO[C@H](CN1CCOCC1)C2. The van der Waals surface area contributed by atoms with Crippen molar-refractivity contribution < 1.29 is 14.3 Å². The molecule has 0 aliphatic carbocycles. The van der Waals surface area contributed by atoms with Crippen LogP contribution in [0.4, 0.5) is 0 Å². The summed E-state index contributed by atoms with van der Waals surface area (Å²) >= 11 is 0. The molecule has 1 aromatic carbocycles. The van der Waals surface area contributed by atoms with Crippen LogP contribution in [0.3, 0.4) is 0 Å². The van der Waals surface area contributed by atoms with E-state index >= 15 is 0 Å². The smallest absolute Gasteiger partial charge is 0.253 e. The van der Waals surface area contributed by atoms with Crippen molar-refractivity contribution in [2.75, 3.05) is 52.5 Å². The van der Waals surface area contributed by atoms with E-state index < -0.39 is 0 Å². The molecule has 1 aromatic rings. The van der Waals surface area contributed by atoms with E-state index in [2.05, 4.69) is 4.90 Å². The summed E-state index contributed by atoms with van der Waals surface area (Å²) < 4.78 is 11.6. The van der Waals surface area contributed by atoms with E-state index in [-0.39, 0.29) is 11.3 Å². The van der Waals surface area contributed by atoms with Crippen LogP contribution in [-0.2, 0) is 9.47 Å². The Morgan fingerprint density at radius 1 is 1.08 bits per heavy atom. The van der Waals surface area contributed by atoms with Gasteiger partial charge in [0, 0.05) is 38.3 Å². The second-order valence-electron chi connectivity index (χ2n) is 7.71. The van der Waals surface area contributed by atoms with E-state index in [0.29, 0.717) is 6.10 Å². The quantitative estimate of drug-likeness (QED) is 0.841. The summed E-state index contributed by atoms with van der Waals surface area (Å²) in [4.78, 5) is 17.1. The molecule has 0 unspecified atom stereocenters. The maximum Gasteiger partial charge on any atom is 0.253 e. The van der Waals surface area contributed by atoms with Crippen molar-refractivity contribution in [3.63, 3.8) is 0 Å². The first-order chi connectivity index (χ1) is 12.2. The van der Waals surface area contributed by atoms with Gasteiger partial charge in [-0.1, -0.05) is 18.2 Å². The Kier molecular flexibility index (Phi) is 5.06. The molecular formula is C20H28N2O3. The molecule has 5 heteroatoms. The van der Waals surface area contributed by atoms with Gasteiger partial charge in [-0.15, -0.1) is 0 Å². The molecule has 0 aromatic heterocycles. The number of ether oxygens (including phenoxy) is 2. The number of carbonyl (C=O) groups is 1. The van der Waals surface area contributed by atoms with Crippen molar-refractivity contribution in [1.29, 1.82) is 0 Å². The fourth-order valence-corrected chi connectivity index (χ4v) is 4.38. The lowest BCUT2D eigenvalue weighted by Gasteiger charge is -2.38. The average molecular weight is 344 g/mol. The Bertz CT molecular complexity index is 578. The van der Waals surface area contributed by atoms with Gasteiger partial charge in [0.25, 0.3) is 5.91 Å². The second kappa shape index (κ2) is 7.44. The first kappa shape index (κ1) is 17.0. The number of likely N-dealkylation sites (tertiary alicyclic amines) is 1. The zero-order valence-corrected chi connectivity index (χ0v) is 14.9. The Hall–Kier alpha value is -1.43. The highest BCUT2D eigenvalue weighted by atomic mass is 16.5. The van der Waals surface area contributed by atoms with Crippen LogP contribution in [0, 0.1) is 5.41 Å². The summed E-state index contributed by atoms with van der Waals surface area (Å²) in [5.74, 6) is 0.166. The molecule has 1 amide bonds. The lowest BCUT2D eigenvalue weighted by Crippen LogP contribution is -2.44. The number of hydrogen-bond donors (Lipinski definition) is 0. The Morgan fingerprint density at radius 3 is 2.52 bits per heavy atom. The summed E-state index contributed by atoms with van der Waals surface area (Å²) in [5, 5.41) is 0. The minimum absolute atomic E-state index is 0.166. The van der Waals surface area contributed by atoms with Gasteiger partial charge in [0.05, 0.1) is 25.9 Å². The number of carbonyl (C=O) groups excluding carboxylic acids is 1. The number of morpholine rings is 1. The second-order valence-corrected chi connectivity index (χ2v) is 7.71. The summed E-state index contributed by atoms with van der Waals surface area (Å²) in [6.07, 6.45) is 3.60. The Balaban J connectivity index is 1.29. The molecule has 0 bridgehead atoms. The van der Waals surface area contributed by atoms with Gasteiger partial charge in [-0.3, -0.25) is 9.69 Å². The molecule has 4 rings (SSSR count). The largest absolute Gasteiger partial charge is 0.379 e. The molecule has 5 nitrogen and oxygen atoms in total. The lowest BCUT2D eigenvalue weighted by atomic mass is 9.76. The van der Waals surface area contributed by atoms with Crippen LogP contribution in [0.1, 0.15) is 29.6 Å². The molecule has 3 heterocycles. The molecule has 0 radical (unpaired) electrons. The molecule has 25 heavy (non-hydrogen) atoms. The van der Waals surface area contributed by atoms with Gasteiger partial charge < -0.3 is 14.4 Å². The van der Waals surface area contributed by atoms with Crippen molar-refractivity contribution in [3.8, 4) is 0 Å². The van der Waals surface area contributed by atoms with Crippen molar-refractivity contribution in [1.82, 2.24) is 9.80 Å². The van der Waals surface area contributed by atoms with E-state index in [4.69, 9.17) is 9.47 Å². The van der Waals surface area contributed by atoms with Crippen LogP contribution in [-0.4, -0.2) is 74.4 Å². The number of piperidine rings is 1. The molecule has 136 valence electrons. The number of benzene rings is 1. The van der Waals surface area contributed by atoms with E-state index in [1.54, 1.807) is 0 Å². The minimum atomic E-state index is 0.166. The maximum atomic E-state index is 12.6. The van der Waals surface area contributed by atoms with Crippen molar-refractivity contribution in [2.24, 2.45) is 5.41 Å². The molecule has 0 N–H and O–H groups in total. The van der Waals surface area contributed by atoms with Gasteiger partial charge in [0.2, 0.25) is 0 Å². The summed E-state index contributed by atoms with van der Waals surface area (Å²) in [6.45, 7) is 7.30. The molecule has 1 atom stereocenters. The normalized spacial score (nSPS) is 26.9. The highest BCUT2D eigenvalue weighted by Crippen LogP contribution is 2.42. The van der Waals surface area contributed by atoms with Crippen molar-refractivity contribution >= 4 is 5.91 Å². The zero-order valence-electron chi connectivity index (χ0n) is 14.9. The fraction of sp³-hybridized carbons (Fsp3) is 0.650. The highest BCUT2D eigenvalue weighted by Gasteiger charge is 2.43. The number of rotatable bonds is 3. The number of nitrogens with zero attached hydrogens (tertiary/aromatic N) is 2. The Morgan fingerprint density at radius 2 is 1.80 bits per heavy atom. The lowest BCUT2D eigenvalue weighted by molar-refractivity contribution is 0.00524. The van der Waals surface area contributed by atoms with Gasteiger partial charge in [-0.25, -0.2) is 0 Å². The monoisotopic (exact) mass is 344 g/mol. The highest BCUT2D eigenvalue weighted by molar-refractivity contribution is 5.94. The molecule has 0 saturated carbocycles. The van der Waals surface area contributed by atoms with E-state index in [1.165, 1.54) is 0 Å². The Labute approximate surface area is 149 Å². The first-order valence-electron chi connectivity index (χ1n) is 9.50. The molecule has 3 fully saturated rings. The summed E-state index contributed by atoms with van der Waals surface area (Å²) in [7, 11) is 0. The van der Waals surface area contributed by atoms with Gasteiger partial charge in [0.1, 0.15) is 0 Å². The first-order valence-corrected chi connectivity index (χ1v) is 9.50. The van der Waals surface area contributed by atoms with Crippen molar-refractivity contribution in [3.05, 3.63) is 35.9 Å².